The molecule has 4 nitrogen and oxygen atoms in total. The van der Waals surface area contributed by atoms with Crippen LogP contribution in [0.4, 0.5) is 5.82 Å². The highest BCUT2D eigenvalue weighted by Crippen LogP contribution is 2.24. The van der Waals surface area contributed by atoms with Crippen molar-refractivity contribution < 1.29 is 0 Å². The van der Waals surface area contributed by atoms with Crippen LogP contribution in [0.25, 0.3) is 0 Å². The Morgan fingerprint density at radius 1 is 1.35 bits per heavy atom. The molecule has 0 fully saturated rings. The van der Waals surface area contributed by atoms with Gasteiger partial charge in [0.15, 0.2) is 0 Å². The van der Waals surface area contributed by atoms with Crippen molar-refractivity contribution in [1.82, 2.24) is 15.0 Å². The van der Waals surface area contributed by atoms with Crippen molar-refractivity contribution in [2.45, 2.75) is 46.6 Å². The molecule has 0 unspecified atom stereocenters. The van der Waals surface area contributed by atoms with Crippen molar-refractivity contribution in [2.75, 3.05) is 5.32 Å². The molecular weight excluding hydrogens is 292 g/mol. The molecular formula is C14H19ClN4S. The molecule has 0 radical (unpaired) electrons. The summed E-state index contributed by atoms with van der Waals surface area (Å²) in [7, 11) is 0. The van der Waals surface area contributed by atoms with Crippen molar-refractivity contribution in [3.8, 4) is 0 Å². The molecule has 0 amide bonds. The van der Waals surface area contributed by atoms with Crippen LogP contribution < -0.4 is 5.32 Å². The first-order chi connectivity index (χ1) is 9.51. The average molecular weight is 311 g/mol. The first-order valence-electron chi connectivity index (χ1n) is 6.72. The van der Waals surface area contributed by atoms with E-state index < -0.39 is 0 Å². The summed E-state index contributed by atoms with van der Waals surface area (Å²) in [5.74, 6) is 1.80. The zero-order chi connectivity index (χ0) is 14.7. The summed E-state index contributed by atoms with van der Waals surface area (Å²) in [5.41, 5.74) is 0.878. The summed E-state index contributed by atoms with van der Waals surface area (Å²) < 4.78 is 0. The summed E-state index contributed by atoms with van der Waals surface area (Å²) in [6, 6.07) is 0. The predicted octanol–water partition coefficient (Wildman–Crippen LogP) is 4.19. The third kappa shape index (κ3) is 3.46. The quantitative estimate of drug-likeness (QED) is 0.841. The normalized spacial score (nSPS) is 11.1. The Morgan fingerprint density at radius 2 is 2.10 bits per heavy atom. The molecule has 0 spiro atoms. The number of halogens is 1. The molecule has 2 rings (SSSR count). The van der Waals surface area contributed by atoms with Gasteiger partial charge in [-0.05, 0) is 13.3 Å². The van der Waals surface area contributed by atoms with Crippen LogP contribution in [0.3, 0.4) is 0 Å². The van der Waals surface area contributed by atoms with Crippen molar-refractivity contribution >= 4 is 28.8 Å². The molecule has 0 aliphatic rings. The zero-order valence-electron chi connectivity index (χ0n) is 12.2. The third-order valence-electron chi connectivity index (χ3n) is 2.98. The maximum Gasteiger partial charge on any atom is 0.137 e. The molecule has 0 aliphatic heterocycles. The van der Waals surface area contributed by atoms with E-state index in [1.54, 1.807) is 11.3 Å². The van der Waals surface area contributed by atoms with Gasteiger partial charge in [0.25, 0.3) is 0 Å². The molecule has 0 aromatic carbocycles. The first-order valence-corrected chi connectivity index (χ1v) is 7.92. The highest BCUT2D eigenvalue weighted by molar-refractivity contribution is 7.11. The van der Waals surface area contributed by atoms with Crippen LogP contribution in [0.1, 0.15) is 48.0 Å². The monoisotopic (exact) mass is 310 g/mol. The highest BCUT2D eigenvalue weighted by atomic mass is 35.5. The van der Waals surface area contributed by atoms with E-state index in [1.165, 1.54) is 4.88 Å². The number of aromatic nitrogens is 3. The van der Waals surface area contributed by atoms with E-state index in [1.807, 2.05) is 13.1 Å². The first kappa shape index (κ1) is 15.2. The molecule has 2 heterocycles. The SMILES string of the molecule is CCc1cnc(CNc2nc(C(C)C)nc(Cl)c2C)s1. The van der Waals surface area contributed by atoms with E-state index in [-0.39, 0.29) is 5.92 Å². The van der Waals surface area contributed by atoms with Crippen molar-refractivity contribution in [1.29, 1.82) is 0 Å². The number of aryl methyl sites for hydroxylation is 1. The second kappa shape index (κ2) is 6.50. The van der Waals surface area contributed by atoms with Crippen LogP contribution in [-0.4, -0.2) is 15.0 Å². The summed E-state index contributed by atoms with van der Waals surface area (Å²) >= 11 is 7.89. The van der Waals surface area contributed by atoms with Gasteiger partial charge < -0.3 is 5.32 Å². The van der Waals surface area contributed by atoms with E-state index in [4.69, 9.17) is 11.6 Å². The number of thiazole rings is 1. The lowest BCUT2D eigenvalue weighted by molar-refractivity contribution is 0.771. The second-order valence-electron chi connectivity index (χ2n) is 4.93. The average Bonchev–Trinajstić information content (AvgIpc) is 2.88. The van der Waals surface area contributed by atoms with Gasteiger partial charge in [0.1, 0.15) is 21.8 Å². The van der Waals surface area contributed by atoms with Crippen molar-refractivity contribution in [3.05, 3.63) is 32.6 Å². The topological polar surface area (TPSA) is 50.7 Å². The molecule has 0 atom stereocenters. The molecule has 20 heavy (non-hydrogen) atoms. The minimum Gasteiger partial charge on any atom is -0.363 e. The minimum absolute atomic E-state index is 0.250. The van der Waals surface area contributed by atoms with Crippen LogP contribution in [0, 0.1) is 6.92 Å². The fourth-order valence-corrected chi connectivity index (χ4v) is 2.67. The van der Waals surface area contributed by atoms with Crippen LogP contribution >= 0.6 is 22.9 Å². The van der Waals surface area contributed by atoms with Crippen molar-refractivity contribution in [3.63, 3.8) is 0 Å². The van der Waals surface area contributed by atoms with Crippen molar-refractivity contribution in [2.24, 2.45) is 0 Å². The molecule has 0 saturated carbocycles. The third-order valence-corrected chi connectivity index (χ3v) is 4.49. The van der Waals surface area contributed by atoms with Crippen LogP contribution in [-0.2, 0) is 13.0 Å². The van der Waals surface area contributed by atoms with E-state index in [0.717, 1.165) is 28.6 Å². The fraction of sp³-hybridized carbons (Fsp3) is 0.500. The summed E-state index contributed by atoms with van der Waals surface area (Å²) in [6.07, 6.45) is 2.95. The van der Waals surface area contributed by atoms with E-state index in [9.17, 15) is 0 Å². The number of anilines is 1. The Bertz CT molecular complexity index is 595. The summed E-state index contributed by atoms with van der Waals surface area (Å²) in [4.78, 5) is 14.5. The van der Waals surface area contributed by atoms with E-state index in [2.05, 4.69) is 41.0 Å². The van der Waals surface area contributed by atoms with Crippen LogP contribution in [0.2, 0.25) is 5.15 Å². The molecule has 6 heteroatoms. The van der Waals surface area contributed by atoms with Gasteiger partial charge in [-0.15, -0.1) is 11.3 Å². The highest BCUT2D eigenvalue weighted by Gasteiger charge is 2.12. The minimum atomic E-state index is 0.250. The Balaban J connectivity index is 2.16. The number of nitrogens with one attached hydrogen (secondary N) is 1. The number of hydrogen-bond acceptors (Lipinski definition) is 5. The number of nitrogens with zero attached hydrogens (tertiary/aromatic N) is 3. The maximum atomic E-state index is 6.17. The van der Waals surface area contributed by atoms with Crippen LogP contribution in [0.5, 0.6) is 0 Å². The Kier molecular flexibility index (Phi) is 4.94. The Hall–Kier alpha value is -1.20. The van der Waals surface area contributed by atoms with Gasteiger partial charge in [-0.1, -0.05) is 32.4 Å². The lowest BCUT2D eigenvalue weighted by Crippen LogP contribution is -2.08. The maximum absolute atomic E-state index is 6.17. The van der Waals surface area contributed by atoms with Gasteiger partial charge >= 0.3 is 0 Å². The van der Waals surface area contributed by atoms with Gasteiger partial charge in [0.2, 0.25) is 0 Å². The molecule has 1 N–H and O–H groups in total. The van der Waals surface area contributed by atoms with Gasteiger partial charge in [-0.25, -0.2) is 15.0 Å². The molecule has 2 aromatic heterocycles. The smallest absolute Gasteiger partial charge is 0.137 e. The zero-order valence-corrected chi connectivity index (χ0v) is 13.8. The molecule has 0 aliphatic carbocycles. The lowest BCUT2D eigenvalue weighted by atomic mass is 10.2. The lowest BCUT2D eigenvalue weighted by Gasteiger charge is -2.12. The summed E-state index contributed by atoms with van der Waals surface area (Å²) in [6.45, 7) is 8.83. The predicted molar refractivity (Wildman–Crippen MR) is 84.7 cm³/mol. The molecule has 0 saturated heterocycles. The summed E-state index contributed by atoms with van der Waals surface area (Å²) in [5, 5.41) is 4.89. The molecule has 108 valence electrons. The van der Waals surface area contributed by atoms with E-state index in [0.29, 0.717) is 11.7 Å². The largest absolute Gasteiger partial charge is 0.363 e. The van der Waals surface area contributed by atoms with Crippen LogP contribution in [0.15, 0.2) is 6.20 Å². The molecule has 2 aromatic rings. The number of rotatable bonds is 5. The van der Waals surface area contributed by atoms with E-state index >= 15 is 0 Å². The molecule has 0 bridgehead atoms. The number of hydrogen-bond donors (Lipinski definition) is 1. The van der Waals surface area contributed by atoms with Gasteiger partial charge in [-0.2, -0.15) is 0 Å². The Labute approximate surface area is 128 Å². The van der Waals surface area contributed by atoms with Gasteiger partial charge in [0, 0.05) is 22.6 Å². The van der Waals surface area contributed by atoms with Gasteiger partial charge in [-0.3, -0.25) is 0 Å². The second-order valence-corrected chi connectivity index (χ2v) is 6.49. The standard InChI is InChI=1S/C14H19ClN4S/c1-5-10-6-16-11(20-10)7-17-14-9(4)12(15)18-13(19-14)8(2)3/h6,8H,5,7H2,1-4H3,(H,17,18,19). The Morgan fingerprint density at radius 3 is 2.70 bits per heavy atom. The fourth-order valence-electron chi connectivity index (χ4n) is 1.69. The van der Waals surface area contributed by atoms with Gasteiger partial charge in [0.05, 0.1) is 6.54 Å².